The maximum atomic E-state index is 4.42. The van der Waals surface area contributed by atoms with Gasteiger partial charge in [0.1, 0.15) is 5.65 Å². The summed E-state index contributed by atoms with van der Waals surface area (Å²) in [6.45, 7) is 5.98. The molecule has 1 N–H and O–H groups in total. The maximum Gasteiger partial charge on any atom is 0.137 e. The fourth-order valence-electron chi connectivity index (χ4n) is 1.99. The smallest absolute Gasteiger partial charge is 0.137 e. The van der Waals surface area contributed by atoms with Gasteiger partial charge in [0.15, 0.2) is 0 Å². The first kappa shape index (κ1) is 8.72. The molecule has 2 aromatic heterocycles. The number of aromatic amines is 1. The van der Waals surface area contributed by atoms with Crippen LogP contribution >= 0.6 is 0 Å². The van der Waals surface area contributed by atoms with E-state index in [1.54, 1.807) is 0 Å². The van der Waals surface area contributed by atoms with Gasteiger partial charge in [-0.15, -0.1) is 0 Å². The van der Waals surface area contributed by atoms with Gasteiger partial charge in [0.2, 0.25) is 0 Å². The summed E-state index contributed by atoms with van der Waals surface area (Å²) in [7, 11) is 0. The van der Waals surface area contributed by atoms with Gasteiger partial charge < -0.3 is 4.98 Å². The molecule has 2 heteroatoms. The molecule has 0 unspecified atom stereocenters. The molecule has 15 heavy (non-hydrogen) atoms. The predicted molar refractivity (Wildman–Crippen MR) is 62.8 cm³/mol. The van der Waals surface area contributed by atoms with E-state index >= 15 is 0 Å². The number of fused-ring (bicyclic) bond motifs is 1. The Hall–Kier alpha value is -1.57. The van der Waals surface area contributed by atoms with E-state index in [0.717, 1.165) is 22.7 Å². The van der Waals surface area contributed by atoms with Crippen LogP contribution in [0.15, 0.2) is 25.0 Å². The third kappa shape index (κ3) is 1.37. The normalized spacial score (nSPS) is 15.8. The minimum absolute atomic E-state index is 0.765. The van der Waals surface area contributed by atoms with Crippen molar-refractivity contribution in [2.75, 3.05) is 0 Å². The second-order valence-corrected chi connectivity index (χ2v) is 4.42. The van der Waals surface area contributed by atoms with Crippen LogP contribution in [0.5, 0.6) is 0 Å². The molecule has 2 aromatic rings. The van der Waals surface area contributed by atoms with Crippen LogP contribution in [-0.4, -0.2) is 9.97 Å². The SMILES string of the molecule is C=C(C)c1cnc2[nH]cc(C3CC3)c2c1. The fourth-order valence-corrected chi connectivity index (χ4v) is 1.99. The van der Waals surface area contributed by atoms with Crippen LogP contribution < -0.4 is 0 Å². The predicted octanol–water partition coefficient (Wildman–Crippen LogP) is 3.47. The minimum atomic E-state index is 0.765. The summed E-state index contributed by atoms with van der Waals surface area (Å²) in [5.41, 5.74) is 4.65. The Morgan fingerprint density at radius 2 is 2.33 bits per heavy atom. The van der Waals surface area contributed by atoms with Crippen LogP contribution in [0.3, 0.4) is 0 Å². The largest absolute Gasteiger partial charge is 0.346 e. The fraction of sp³-hybridized carbons (Fsp3) is 0.308. The summed E-state index contributed by atoms with van der Waals surface area (Å²) in [4.78, 5) is 7.65. The second-order valence-electron chi connectivity index (χ2n) is 4.42. The number of hydrogen-bond acceptors (Lipinski definition) is 1. The average molecular weight is 198 g/mol. The zero-order valence-electron chi connectivity index (χ0n) is 8.88. The number of nitrogens with one attached hydrogen (secondary N) is 1. The van der Waals surface area contributed by atoms with Gasteiger partial charge in [-0.2, -0.15) is 0 Å². The molecule has 2 nitrogen and oxygen atoms in total. The van der Waals surface area contributed by atoms with Crippen molar-refractivity contribution >= 4 is 16.6 Å². The molecular formula is C13H14N2. The van der Waals surface area contributed by atoms with Crippen molar-refractivity contribution < 1.29 is 0 Å². The topological polar surface area (TPSA) is 28.7 Å². The van der Waals surface area contributed by atoms with Crippen LogP contribution in [0.4, 0.5) is 0 Å². The van der Waals surface area contributed by atoms with E-state index in [0.29, 0.717) is 0 Å². The number of aromatic nitrogens is 2. The summed E-state index contributed by atoms with van der Waals surface area (Å²) < 4.78 is 0. The monoisotopic (exact) mass is 198 g/mol. The number of nitrogens with zero attached hydrogens (tertiary/aromatic N) is 1. The molecule has 3 rings (SSSR count). The molecule has 0 spiro atoms. The van der Waals surface area contributed by atoms with Crippen molar-refractivity contribution in [3.05, 3.63) is 36.2 Å². The summed E-state index contributed by atoms with van der Waals surface area (Å²) >= 11 is 0. The van der Waals surface area contributed by atoms with E-state index in [4.69, 9.17) is 0 Å². The number of allylic oxidation sites excluding steroid dienone is 1. The van der Waals surface area contributed by atoms with Crippen LogP contribution in [-0.2, 0) is 0 Å². The first-order chi connectivity index (χ1) is 7.25. The lowest BCUT2D eigenvalue weighted by Gasteiger charge is -2.00. The number of pyridine rings is 1. The molecule has 0 bridgehead atoms. The standard InChI is InChI=1S/C13H14N2/c1-8(2)10-5-11-12(9-3-4-9)7-15-13(11)14-6-10/h5-7,9H,1,3-4H2,2H3,(H,14,15). The van der Waals surface area contributed by atoms with Crippen molar-refractivity contribution in [3.63, 3.8) is 0 Å². The van der Waals surface area contributed by atoms with Gasteiger partial charge in [-0.1, -0.05) is 6.58 Å². The van der Waals surface area contributed by atoms with E-state index in [1.165, 1.54) is 23.8 Å². The van der Waals surface area contributed by atoms with Gasteiger partial charge >= 0.3 is 0 Å². The van der Waals surface area contributed by atoms with Crippen LogP contribution in [0.2, 0.25) is 0 Å². The third-order valence-electron chi connectivity index (χ3n) is 3.07. The Morgan fingerprint density at radius 1 is 1.53 bits per heavy atom. The molecule has 0 aromatic carbocycles. The first-order valence-electron chi connectivity index (χ1n) is 5.38. The lowest BCUT2D eigenvalue weighted by Crippen LogP contribution is -1.83. The molecule has 1 aliphatic rings. The summed E-state index contributed by atoms with van der Waals surface area (Å²) in [6, 6.07) is 2.20. The van der Waals surface area contributed by atoms with E-state index in [1.807, 2.05) is 13.1 Å². The van der Waals surface area contributed by atoms with Gasteiger partial charge in [0.25, 0.3) is 0 Å². The number of hydrogen-bond donors (Lipinski definition) is 1. The molecule has 0 saturated heterocycles. The Labute approximate surface area is 89.0 Å². The van der Waals surface area contributed by atoms with Crippen LogP contribution in [0, 0.1) is 0 Å². The number of rotatable bonds is 2. The molecule has 0 atom stereocenters. The average Bonchev–Trinajstić information content (AvgIpc) is 2.98. The van der Waals surface area contributed by atoms with Crippen LogP contribution in [0.1, 0.15) is 36.8 Å². The van der Waals surface area contributed by atoms with Gasteiger partial charge in [0.05, 0.1) is 0 Å². The lowest BCUT2D eigenvalue weighted by atomic mass is 10.1. The Balaban J connectivity index is 2.21. The van der Waals surface area contributed by atoms with E-state index in [-0.39, 0.29) is 0 Å². The molecule has 1 saturated carbocycles. The van der Waals surface area contributed by atoms with Gasteiger partial charge in [-0.25, -0.2) is 4.98 Å². The number of H-pyrrole nitrogens is 1. The lowest BCUT2D eigenvalue weighted by molar-refractivity contribution is 1.15. The Morgan fingerprint density at radius 3 is 3.00 bits per heavy atom. The summed E-state index contributed by atoms with van der Waals surface area (Å²) in [6.07, 6.45) is 6.64. The summed E-state index contributed by atoms with van der Waals surface area (Å²) in [5.74, 6) is 0.765. The first-order valence-corrected chi connectivity index (χ1v) is 5.38. The van der Waals surface area contributed by atoms with Crippen molar-refractivity contribution in [1.82, 2.24) is 9.97 Å². The van der Waals surface area contributed by atoms with Gasteiger partial charge in [-0.3, -0.25) is 0 Å². The van der Waals surface area contributed by atoms with Crippen molar-refractivity contribution in [2.24, 2.45) is 0 Å². The zero-order valence-corrected chi connectivity index (χ0v) is 8.88. The summed E-state index contributed by atoms with van der Waals surface area (Å²) in [5, 5.41) is 1.28. The Bertz CT molecular complexity index is 532. The van der Waals surface area contributed by atoms with Gasteiger partial charge in [0, 0.05) is 17.8 Å². The highest BCUT2D eigenvalue weighted by Gasteiger charge is 2.26. The molecule has 0 radical (unpaired) electrons. The molecular weight excluding hydrogens is 184 g/mol. The molecule has 0 amide bonds. The minimum Gasteiger partial charge on any atom is -0.346 e. The van der Waals surface area contributed by atoms with E-state index < -0.39 is 0 Å². The highest BCUT2D eigenvalue weighted by atomic mass is 14.8. The maximum absolute atomic E-state index is 4.42. The zero-order chi connectivity index (χ0) is 10.4. The highest BCUT2D eigenvalue weighted by Crippen LogP contribution is 2.43. The van der Waals surface area contributed by atoms with Crippen LogP contribution in [0.25, 0.3) is 16.6 Å². The van der Waals surface area contributed by atoms with E-state index in [9.17, 15) is 0 Å². The quantitative estimate of drug-likeness (QED) is 0.786. The Kier molecular flexibility index (Phi) is 1.72. The molecule has 0 aliphatic heterocycles. The molecule has 76 valence electrons. The molecule has 1 aliphatic carbocycles. The van der Waals surface area contributed by atoms with Crippen molar-refractivity contribution in [1.29, 1.82) is 0 Å². The van der Waals surface area contributed by atoms with Crippen molar-refractivity contribution in [2.45, 2.75) is 25.7 Å². The second kappa shape index (κ2) is 2.96. The molecule has 2 heterocycles. The molecule has 1 fully saturated rings. The van der Waals surface area contributed by atoms with Gasteiger partial charge in [-0.05, 0) is 48.4 Å². The van der Waals surface area contributed by atoms with E-state index in [2.05, 4.69) is 28.8 Å². The highest BCUT2D eigenvalue weighted by molar-refractivity contribution is 5.84. The third-order valence-corrected chi connectivity index (χ3v) is 3.07. The van der Waals surface area contributed by atoms with Crippen molar-refractivity contribution in [3.8, 4) is 0 Å².